The van der Waals surface area contributed by atoms with E-state index in [1.165, 1.54) is 27.9 Å². The lowest BCUT2D eigenvalue weighted by molar-refractivity contribution is 0.517. The van der Waals surface area contributed by atoms with Crippen molar-refractivity contribution in [2.75, 3.05) is 6.54 Å². The molecule has 2 heteroatoms. The first-order valence-electron chi connectivity index (χ1n) is 6.21. The normalized spacial score (nSPS) is 14.7. The first kappa shape index (κ1) is 10.6. The van der Waals surface area contributed by atoms with Gasteiger partial charge in [0.15, 0.2) is 0 Å². The third-order valence-electron chi connectivity index (χ3n) is 3.51. The molecule has 88 valence electrons. The lowest BCUT2D eigenvalue weighted by atomic mass is 10.0. The summed E-state index contributed by atoms with van der Waals surface area (Å²) in [5.74, 6) is 0. The molecule has 1 aromatic carbocycles. The summed E-state index contributed by atoms with van der Waals surface area (Å²) in [5, 5.41) is 3.41. The van der Waals surface area contributed by atoms with Crippen LogP contribution in [-0.2, 0) is 13.1 Å². The number of nitrogens with one attached hydrogen (secondary N) is 1. The number of benzene rings is 1. The van der Waals surface area contributed by atoms with E-state index in [1.807, 2.05) is 0 Å². The Hall–Kier alpha value is -1.54. The van der Waals surface area contributed by atoms with Crippen LogP contribution >= 0.6 is 0 Å². The van der Waals surface area contributed by atoms with Gasteiger partial charge >= 0.3 is 0 Å². The zero-order valence-corrected chi connectivity index (χ0v) is 10.5. The Bertz CT molecular complexity index is 529. The molecular weight excluding hydrogens is 208 g/mol. The molecule has 0 bridgehead atoms. The van der Waals surface area contributed by atoms with Gasteiger partial charge in [0, 0.05) is 31.5 Å². The number of aromatic nitrogens is 1. The number of aryl methyl sites for hydroxylation is 2. The highest BCUT2D eigenvalue weighted by Crippen LogP contribution is 2.27. The minimum atomic E-state index is 0.991. The Balaban J connectivity index is 2.06. The first-order chi connectivity index (χ1) is 8.24. The summed E-state index contributed by atoms with van der Waals surface area (Å²) in [4.78, 5) is 0. The molecule has 17 heavy (non-hydrogen) atoms. The van der Waals surface area contributed by atoms with Crippen LogP contribution in [0.4, 0.5) is 0 Å². The lowest BCUT2D eigenvalue weighted by Crippen LogP contribution is -2.27. The largest absolute Gasteiger partial charge is 0.348 e. The Morgan fingerprint density at radius 1 is 1.18 bits per heavy atom. The summed E-state index contributed by atoms with van der Waals surface area (Å²) >= 11 is 0. The van der Waals surface area contributed by atoms with Crippen molar-refractivity contribution < 1.29 is 0 Å². The average molecular weight is 226 g/mol. The molecule has 0 amide bonds. The van der Waals surface area contributed by atoms with Gasteiger partial charge in [0.1, 0.15) is 0 Å². The van der Waals surface area contributed by atoms with Crippen molar-refractivity contribution in [1.29, 1.82) is 0 Å². The van der Waals surface area contributed by atoms with Gasteiger partial charge in [-0.1, -0.05) is 23.8 Å². The van der Waals surface area contributed by atoms with E-state index in [2.05, 4.69) is 54.2 Å². The van der Waals surface area contributed by atoms with Gasteiger partial charge in [0.25, 0.3) is 0 Å². The fraction of sp³-hybridized carbons (Fsp3) is 0.333. The number of rotatable bonds is 1. The maximum atomic E-state index is 3.41. The molecule has 1 aliphatic rings. The van der Waals surface area contributed by atoms with Crippen molar-refractivity contribution in [2.45, 2.75) is 26.9 Å². The molecule has 0 spiro atoms. The van der Waals surface area contributed by atoms with Crippen LogP contribution in [0.15, 0.2) is 30.5 Å². The molecular formula is C15H18N2. The van der Waals surface area contributed by atoms with Crippen LogP contribution < -0.4 is 5.32 Å². The van der Waals surface area contributed by atoms with Crippen molar-refractivity contribution in [1.82, 2.24) is 9.88 Å². The Kier molecular flexibility index (Phi) is 2.52. The van der Waals surface area contributed by atoms with Crippen LogP contribution in [0.2, 0.25) is 0 Å². The molecule has 0 fully saturated rings. The molecule has 3 rings (SSSR count). The molecule has 0 aliphatic carbocycles. The smallest absolute Gasteiger partial charge is 0.0360 e. The molecule has 0 saturated carbocycles. The number of fused-ring (bicyclic) bond motifs is 1. The van der Waals surface area contributed by atoms with Crippen molar-refractivity contribution >= 4 is 0 Å². The molecule has 0 saturated heterocycles. The summed E-state index contributed by atoms with van der Waals surface area (Å²) in [5.41, 5.74) is 6.79. The quantitative estimate of drug-likeness (QED) is 0.791. The monoisotopic (exact) mass is 226 g/mol. The SMILES string of the molecule is Cc1ccc(-c2cc3n(c2)CCNC3)c(C)c1. The predicted octanol–water partition coefficient (Wildman–Crippen LogP) is 2.88. The second-order valence-corrected chi connectivity index (χ2v) is 4.91. The van der Waals surface area contributed by atoms with Crippen LogP contribution in [0.1, 0.15) is 16.8 Å². The second kappa shape index (κ2) is 4.04. The summed E-state index contributed by atoms with van der Waals surface area (Å²) in [7, 11) is 0. The maximum absolute atomic E-state index is 3.41. The van der Waals surface area contributed by atoms with Gasteiger partial charge in [0.05, 0.1) is 0 Å². The highest BCUT2D eigenvalue weighted by Gasteiger charge is 2.11. The summed E-state index contributed by atoms with van der Waals surface area (Å²) < 4.78 is 2.37. The summed E-state index contributed by atoms with van der Waals surface area (Å²) in [6, 6.07) is 8.99. The second-order valence-electron chi connectivity index (χ2n) is 4.91. The van der Waals surface area contributed by atoms with E-state index in [0.29, 0.717) is 0 Å². The molecule has 2 nitrogen and oxygen atoms in total. The zero-order valence-electron chi connectivity index (χ0n) is 10.5. The average Bonchev–Trinajstić information content (AvgIpc) is 2.72. The van der Waals surface area contributed by atoms with Crippen molar-refractivity contribution in [3.8, 4) is 11.1 Å². The van der Waals surface area contributed by atoms with Crippen LogP contribution in [0.5, 0.6) is 0 Å². The first-order valence-corrected chi connectivity index (χ1v) is 6.21. The molecule has 1 aliphatic heterocycles. The fourth-order valence-electron chi connectivity index (χ4n) is 2.61. The van der Waals surface area contributed by atoms with Gasteiger partial charge in [-0.15, -0.1) is 0 Å². The van der Waals surface area contributed by atoms with Gasteiger partial charge in [-0.2, -0.15) is 0 Å². The minimum Gasteiger partial charge on any atom is -0.348 e. The molecule has 0 unspecified atom stereocenters. The van der Waals surface area contributed by atoms with Gasteiger partial charge in [-0.3, -0.25) is 0 Å². The van der Waals surface area contributed by atoms with E-state index < -0.39 is 0 Å². The van der Waals surface area contributed by atoms with E-state index in [-0.39, 0.29) is 0 Å². The van der Waals surface area contributed by atoms with Gasteiger partial charge in [-0.05, 0) is 36.6 Å². The van der Waals surface area contributed by atoms with Crippen LogP contribution in [0.25, 0.3) is 11.1 Å². The van der Waals surface area contributed by atoms with Crippen molar-refractivity contribution in [2.24, 2.45) is 0 Å². The highest BCUT2D eigenvalue weighted by atomic mass is 15.1. The van der Waals surface area contributed by atoms with Crippen LogP contribution in [-0.4, -0.2) is 11.1 Å². The summed E-state index contributed by atoms with van der Waals surface area (Å²) in [6.45, 7) is 7.49. The Morgan fingerprint density at radius 3 is 2.82 bits per heavy atom. The Labute approximate surface area is 102 Å². The molecule has 2 aromatic rings. The molecule has 2 heterocycles. The highest BCUT2D eigenvalue weighted by molar-refractivity contribution is 5.68. The van der Waals surface area contributed by atoms with Gasteiger partial charge in [-0.25, -0.2) is 0 Å². The van der Waals surface area contributed by atoms with E-state index in [1.54, 1.807) is 0 Å². The molecule has 1 aromatic heterocycles. The van der Waals surface area contributed by atoms with Crippen LogP contribution in [0, 0.1) is 13.8 Å². The van der Waals surface area contributed by atoms with Crippen molar-refractivity contribution in [3.05, 3.63) is 47.3 Å². The third-order valence-corrected chi connectivity index (χ3v) is 3.51. The predicted molar refractivity (Wildman–Crippen MR) is 71.0 cm³/mol. The summed E-state index contributed by atoms with van der Waals surface area (Å²) in [6.07, 6.45) is 2.29. The van der Waals surface area contributed by atoms with Gasteiger partial charge < -0.3 is 9.88 Å². The zero-order chi connectivity index (χ0) is 11.8. The fourth-order valence-corrected chi connectivity index (χ4v) is 2.61. The van der Waals surface area contributed by atoms with E-state index in [0.717, 1.165) is 19.6 Å². The van der Waals surface area contributed by atoms with E-state index in [4.69, 9.17) is 0 Å². The van der Waals surface area contributed by atoms with Crippen molar-refractivity contribution in [3.63, 3.8) is 0 Å². The molecule has 1 N–H and O–H groups in total. The Morgan fingerprint density at radius 2 is 2.06 bits per heavy atom. The number of nitrogens with zero attached hydrogens (tertiary/aromatic N) is 1. The molecule has 0 radical (unpaired) electrons. The van der Waals surface area contributed by atoms with E-state index >= 15 is 0 Å². The van der Waals surface area contributed by atoms with Crippen LogP contribution in [0.3, 0.4) is 0 Å². The minimum absolute atomic E-state index is 0.991. The topological polar surface area (TPSA) is 17.0 Å². The number of hydrogen-bond donors (Lipinski definition) is 1. The number of hydrogen-bond acceptors (Lipinski definition) is 1. The maximum Gasteiger partial charge on any atom is 0.0360 e. The third kappa shape index (κ3) is 1.89. The van der Waals surface area contributed by atoms with Gasteiger partial charge in [0.2, 0.25) is 0 Å². The standard InChI is InChI=1S/C15H18N2/c1-11-3-4-15(12(2)7-11)13-8-14-9-16-5-6-17(14)10-13/h3-4,7-8,10,16H,5-6,9H2,1-2H3. The lowest BCUT2D eigenvalue weighted by Gasteiger charge is -2.15. The molecule has 0 atom stereocenters. The van der Waals surface area contributed by atoms with E-state index in [9.17, 15) is 0 Å².